The van der Waals surface area contributed by atoms with Crippen molar-refractivity contribution in [3.05, 3.63) is 50.9 Å². The van der Waals surface area contributed by atoms with Gasteiger partial charge in [0.2, 0.25) is 0 Å². The minimum absolute atomic E-state index is 0. The number of hydrogen-bond acceptors (Lipinski definition) is 0. The second kappa shape index (κ2) is 6.78. The first kappa shape index (κ1) is 16.2. The molecule has 1 aromatic rings. The van der Waals surface area contributed by atoms with Crippen molar-refractivity contribution >= 4 is 30.4 Å². The van der Waals surface area contributed by atoms with E-state index in [9.17, 15) is 0 Å². The molecule has 1 aromatic carbocycles. The molecule has 85 valence electrons. The summed E-state index contributed by atoms with van der Waals surface area (Å²) < 4.78 is 1.64. The molecule has 1 aliphatic carbocycles. The van der Waals surface area contributed by atoms with Crippen molar-refractivity contribution in [2.75, 3.05) is 0 Å². The Morgan fingerprint density at radius 1 is 1.06 bits per heavy atom. The van der Waals surface area contributed by atoms with Crippen molar-refractivity contribution in [3.8, 4) is 0 Å². The van der Waals surface area contributed by atoms with Gasteiger partial charge < -0.3 is 0 Å². The van der Waals surface area contributed by atoms with Gasteiger partial charge in [0.15, 0.2) is 0 Å². The molecule has 0 saturated carbocycles. The molecule has 0 bridgehead atoms. The number of rotatable bonds is 1. The molecule has 1 aliphatic rings. The van der Waals surface area contributed by atoms with Crippen LogP contribution in [0.5, 0.6) is 0 Å². The molecule has 0 fully saturated rings. The number of benzene rings is 1. The molecule has 0 saturated heterocycles. The minimum Gasteiger partial charge on any atom is -0.147 e. The van der Waals surface area contributed by atoms with Gasteiger partial charge >= 0.3 is 101 Å². The van der Waals surface area contributed by atoms with Crippen LogP contribution in [0.15, 0.2) is 45.3 Å². The molecule has 0 amide bonds. The van der Waals surface area contributed by atoms with Gasteiger partial charge in [-0.2, -0.15) is 0 Å². The van der Waals surface area contributed by atoms with Crippen molar-refractivity contribution in [3.63, 3.8) is 0 Å². The first-order valence-corrected chi connectivity index (χ1v) is 6.70. The summed E-state index contributed by atoms with van der Waals surface area (Å²) in [5.41, 5.74) is 4.32. The predicted octanol–water partition coefficient (Wildman–Crippen LogP) is 4.38. The second-order valence-corrected chi connectivity index (χ2v) is 5.71. The summed E-state index contributed by atoms with van der Waals surface area (Å²) in [6, 6.07) is 10.7. The van der Waals surface area contributed by atoms with E-state index in [1.165, 1.54) is 41.1 Å². The fraction of sp³-hybridized carbons (Fsp3) is 0.231. The molecule has 3 heteroatoms. The first-order valence-electron chi connectivity index (χ1n) is 4.90. The van der Waals surface area contributed by atoms with Crippen LogP contribution in [0.2, 0.25) is 0 Å². The van der Waals surface area contributed by atoms with Gasteiger partial charge in [-0.1, -0.05) is 0 Å². The molecule has 1 unspecified atom stereocenters. The van der Waals surface area contributed by atoms with E-state index < -0.39 is 0 Å². The molecule has 16 heavy (non-hydrogen) atoms. The van der Waals surface area contributed by atoms with Crippen molar-refractivity contribution in [1.29, 1.82) is 0 Å². The average molecular weight is 421 g/mol. The molecule has 1 atom stereocenters. The molecular formula is C13H15Cl2Hf. The summed E-state index contributed by atoms with van der Waals surface area (Å²) in [5, 5.41) is 0. The van der Waals surface area contributed by atoms with Crippen LogP contribution in [-0.4, -0.2) is 0 Å². The van der Waals surface area contributed by atoms with E-state index in [1.54, 1.807) is 3.33 Å². The molecule has 0 heterocycles. The summed E-state index contributed by atoms with van der Waals surface area (Å²) >= 11 is 1.19. The Labute approximate surface area is 125 Å². The van der Waals surface area contributed by atoms with Gasteiger partial charge in [0.25, 0.3) is 0 Å². The summed E-state index contributed by atoms with van der Waals surface area (Å²) in [4.78, 5) is 0. The molecule has 0 nitrogen and oxygen atoms in total. The third-order valence-corrected chi connectivity index (χ3v) is 5.75. The normalized spacial score (nSPS) is 18.6. The van der Waals surface area contributed by atoms with Crippen LogP contribution < -0.4 is 0 Å². The van der Waals surface area contributed by atoms with Gasteiger partial charge in [-0.05, 0) is 0 Å². The van der Waals surface area contributed by atoms with Crippen LogP contribution in [0.1, 0.15) is 19.4 Å². The molecule has 2 rings (SSSR count). The Hall–Kier alpha value is 0.150. The molecule has 0 aliphatic heterocycles. The van der Waals surface area contributed by atoms with Crippen LogP contribution in [0, 0.1) is 5.92 Å². The quantitative estimate of drug-likeness (QED) is 0.592. The zero-order valence-corrected chi connectivity index (χ0v) is 14.6. The van der Waals surface area contributed by atoms with Gasteiger partial charge in [-0.3, -0.25) is 0 Å². The smallest absolute Gasteiger partial charge is 0.147 e. The van der Waals surface area contributed by atoms with Crippen LogP contribution in [-0.2, 0) is 24.4 Å². The summed E-state index contributed by atoms with van der Waals surface area (Å²) in [6.07, 6.45) is 2.40. The maximum Gasteiger partial charge on any atom is -0.147 e. The Morgan fingerprint density at radius 2 is 1.62 bits per heavy atom. The molecule has 0 radical (unpaired) electrons. The van der Waals surface area contributed by atoms with E-state index in [-0.39, 0.29) is 24.8 Å². The fourth-order valence-electron chi connectivity index (χ4n) is 1.88. The monoisotopic (exact) mass is 421 g/mol. The van der Waals surface area contributed by atoms with E-state index in [2.05, 4.69) is 50.3 Å². The average Bonchev–Trinajstić information content (AvgIpc) is 2.47. The summed E-state index contributed by atoms with van der Waals surface area (Å²) in [6.45, 7) is 4.55. The summed E-state index contributed by atoms with van der Waals surface area (Å²) in [5.74, 6) is 0.664. The SMILES string of the molecule is CC1=[C]([Hf])C(C)C=C1c1ccccc1.Cl.Cl. The van der Waals surface area contributed by atoms with Crippen LogP contribution in [0.25, 0.3) is 5.57 Å². The van der Waals surface area contributed by atoms with E-state index in [4.69, 9.17) is 0 Å². The minimum atomic E-state index is 0. The third kappa shape index (κ3) is 3.09. The Bertz CT molecular complexity index is 407. The Kier molecular flexibility index (Phi) is 6.84. The maximum absolute atomic E-state index is 2.40. The van der Waals surface area contributed by atoms with Crippen LogP contribution >= 0.6 is 24.8 Å². The van der Waals surface area contributed by atoms with Gasteiger partial charge in [0.1, 0.15) is 0 Å². The zero-order valence-electron chi connectivity index (χ0n) is 9.36. The largest absolute Gasteiger partial charge is 0.147 e. The van der Waals surface area contributed by atoms with Gasteiger partial charge in [-0.15, -0.1) is 24.8 Å². The molecule has 0 N–H and O–H groups in total. The number of halogens is 2. The van der Waals surface area contributed by atoms with E-state index in [0.29, 0.717) is 5.92 Å². The van der Waals surface area contributed by atoms with Gasteiger partial charge in [-0.25, -0.2) is 0 Å². The van der Waals surface area contributed by atoms with E-state index in [0.717, 1.165) is 0 Å². The predicted molar refractivity (Wildman–Crippen MR) is 70.8 cm³/mol. The van der Waals surface area contributed by atoms with Crippen molar-refractivity contribution in [2.45, 2.75) is 13.8 Å². The van der Waals surface area contributed by atoms with Crippen molar-refractivity contribution < 1.29 is 24.4 Å². The van der Waals surface area contributed by atoms with Crippen LogP contribution in [0.4, 0.5) is 0 Å². The summed E-state index contributed by atoms with van der Waals surface area (Å²) in [7, 11) is 0. The van der Waals surface area contributed by atoms with Gasteiger partial charge in [0, 0.05) is 0 Å². The van der Waals surface area contributed by atoms with Crippen molar-refractivity contribution in [2.24, 2.45) is 5.92 Å². The second-order valence-electron chi connectivity index (χ2n) is 3.77. The Morgan fingerprint density at radius 3 is 2.06 bits per heavy atom. The maximum atomic E-state index is 2.40. The molecule has 0 spiro atoms. The zero-order chi connectivity index (χ0) is 10.1. The number of hydrogen-bond donors (Lipinski definition) is 0. The van der Waals surface area contributed by atoms with Gasteiger partial charge in [0.05, 0.1) is 0 Å². The molecular weight excluding hydrogens is 406 g/mol. The fourth-order valence-corrected chi connectivity index (χ4v) is 2.66. The first-order chi connectivity index (χ1) is 6.70. The topological polar surface area (TPSA) is 0 Å². The molecule has 0 aromatic heterocycles. The Balaban J connectivity index is 0.00000112. The third-order valence-electron chi connectivity index (χ3n) is 2.76. The van der Waals surface area contributed by atoms with E-state index in [1.807, 2.05) is 0 Å². The standard InChI is InChI=1S/C13H13.2ClH.Hf/c1-10-8-11(2)13(9-10)12-6-4-3-5-7-12;;;/h3-7,9-10H,1-2H3;2*1H;. The van der Waals surface area contributed by atoms with Crippen molar-refractivity contribution in [1.82, 2.24) is 0 Å². The number of allylic oxidation sites excluding steroid dienone is 4. The van der Waals surface area contributed by atoms with Crippen LogP contribution in [0.3, 0.4) is 0 Å². The van der Waals surface area contributed by atoms with E-state index >= 15 is 0 Å².